The van der Waals surface area contributed by atoms with Gasteiger partial charge in [0.1, 0.15) is 0 Å². The average molecular weight is 415 g/mol. The largest absolute Gasteiger partial charge is 0.378 e. The van der Waals surface area contributed by atoms with E-state index in [0.717, 1.165) is 17.5 Å². The number of rotatable bonds is 6. The molecule has 7 nitrogen and oxygen atoms in total. The third-order valence-electron chi connectivity index (χ3n) is 4.77. The Balaban J connectivity index is 2.01. The summed E-state index contributed by atoms with van der Waals surface area (Å²) in [5.74, 6) is -0.0752. The SMILES string of the molecule is CCC(=O)N1N=C(c2ccccc2NS(C)(=O)=O)CC1c1cccc(N(C)C)c1. The zero-order chi connectivity index (χ0) is 21.2. The van der Waals surface area contributed by atoms with Crippen molar-refractivity contribution < 1.29 is 13.2 Å². The zero-order valence-corrected chi connectivity index (χ0v) is 17.9. The Kier molecular flexibility index (Phi) is 5.93. The standard InChI is InChI=1S/C21H26N4O3S/c1-5-21(26)25-20(15-9-8-10-16(13-15)24(2)3)14-19(22-25)17-11-6-7-12-18(17)23-29(4,27)28/h6-13,20,23H,5,14H2,1-4H3. The third-order valence-corrected chi connectivity index (χ3v) is 5.36. The van der Waals surface area contributed by atoms with E-state index in [1.807, 2.05) is 56.3 Å². The molecule has 2 aromatic carbocycles. The summed E-state index contributed by atoms with van der Waals surface area (Å²) in [5, 5.41) is 6.13. The summed E-state index contributed by atoms with van der Waals surface area (Å²) in [5.41, 5.74) is 3.85. The van der Waals surface area contributed by atoms with E-state index in [1.165, 1.54) is 5.01 Å². The number of nitrogens with one attached hydrogen (secondary N) is 1. The predicted molar refractivity (Wildman–Crippen MR) is 117 cm³/mol. The van der Waals surface area contributed by atoms with Crippen LogP contribution in [0.3, 0.4) is 0 Å². The molecule has 3 rings (SSSR count). The van der Waals surface area contributed by atoms with Gasteiger partial charge >= 0.3 is 0 Å². The molecule has 1 atom stereocenters. The van der Waals surface area contributed by atoms with Crippen LogP contribution in [0.2, 0.25) is 0 Å². The molecule has 0 radical (unpaired) electrons. The molecule has 8 heteroatoms. The molecular weight excluding hydrogens is 388 g/mol. The molecule has 0 aliphatic carbocycles. The number of anilines is 2. The van der Waals surface area contributed by atoms with Crippen LogP contribution in [0.1, 0.15) is 36.9 Å². The fraction of sp³-hybridized carbons (Fsp3) is 0.333. The maximum absolute atomic E-state index is 12.6. The lowest BCUT2D eigenvalue weighted by atomic mass is 9.97. The van der Waals surface area contributed by atoms with E-state index in [2.05, 4.69) is 15.9 Å². The summed E-state index contributed by atoms with van der Waals surface area (Å²) in [6.45, 7) is 1.81. The highest BCUT2D eigenvalue weighted by atomic mass is 32.2. The molecule has 1 heterocycles. The summed E-state index contributed by atoms with van der Waals surface area (Å²) < 4.78 is 26.1. The normalized spacial score (nSPS) is 16.5. The van der Waals surface area contributed by atoms with Gasteiger partial charge in [-0.2, -0.15) is 5.10 Å². The Hall–Kier alpha value is -2.87. The van der Waals surface area contributed by atoms with Crippen LogP contribution < -0.4 is 9.62 Å². The summed E-state index contributed by atoms with van der Waals surface area (Å²) in [6, 6.07) is 14.9. The second-order valence-corrected chi connectivity index (χ2v) is 9.02. The van der Waals surface area contributed by atoms with Crippen molar-refractivity contribution in [1.82, 2.24) is 5.01 Å². The van der Waals surface area contributed by atoms with Crippen LogP contribution in [-0.2, 0) is 14.8 Å². The van der Waals surface area contributed by atoms with Crippen molar-refractivity contribution in [2.24, 2.45) is 5.10 Å². The van der Waals surface area contributed by atoms with Crippen molar-refractivity contribution in [3.63, 3.8) is 0 Å². The number of hydrazone groups is 1. The molecule has 2 aromatic rings. The van der Waals surface area contributed by atoms with Crippen molar-refractivity contribution in [3.05, 3.63) is 59.7 Å². The first kappa shape index (κ1) is 20.9. The number of benzene rings is 2. The van der Waals surface area contributed by atoms with E-state index in [0.29, 0.717) is 29.8 Å². The van der Waals surface area contributed by atoms with Crippen LogP contribution in [0.4, 0.5) is 11.4 Å². The predicted octanol–water partition coefficient (Wildman–Crippen LogP) is 3.21. The molecule has 0 saturated carbocycles. The lowest BCUT2D eigenvalue weighted by Crippen LogP contribution is -2.26. The van der Waals surface area contributed by atoms with Gasteiger partial charge in [0.15, 0.2) is 0 Å². The topological polar surface area (TPSA) is 82.1 Å². The van der Waals surface area contributed by atoms with Crippen molar-refractivity contribution in [2.45, 2.75) is 25.8 Å². The molecule has 0 fully saturated rings. The number of carbonyl (C=O) groups excluding carboxylic acids is 1. The molecular formula is C21H26N4O3S. The van der Waals surface area contributed by atoms with Gasteiger partial charge < -0.3 is 4.90 Å². The number of amides is 1. The molecule has 0 saturated heterocycles. The quantitative estimate of drug-likeness (QED) is 0.787. The molecule has 1 N–H and O–H groups in total. The van der Waals surface area contributed by atoms with E-state index < -0.39 is 10.0 Å². The molecule has 1 amide bonds. The van der Waals surface area contributed by atoms with E-state index in [9.17, 15) is 13.2 Å². The van der Waals surface area contributed by atoms with E-state index in [1.54, 1.807) is 12.1 Å². The van der Waals surface area contributed by atoms with Crippen molar-refractivity contribution >= 4 is 33.0 Å². The Morgan fingerprint density at radius 1 is 1.21 bits per heavy atom. The van der Waals surface area contributed by atoms with E-state index >= 15 is 0 Å². The number of sulfonamides is 1. The molecule has 1 aliphatic rings. The van der Waals surface area contributed by atoms with Gasteiger partial charge in [-0.05, 0) is 23.8 Å². The Morgan fingerprint density at radius 2 is 1.93 bits per heavy atom. The van der Waals surface area contributed by atoms with Gasteiger partial charge in [-0.15, -0.1) is 0 Å². The monoisotopic (exact) mass is 414 g/mol. The highest BCUT2D eigenvalue weighted by Crippen LogP contribution is 2.36. The molecule has 0 spiro atoms. The van der Waals surface area contributed by atoms with Gasteiger partial charge in [-0.25, -0.2) is 13.4 Å². The first-order chi connectivity index (χ1) is 13.7. The second kappa shape index (κ2) is 8.24. The van der Waals surface area contributed by atoms with Crippen molar-refractivity contribution in [2.75, 3.05) is 30.0 Å². The average Bonchev–Trinajstić information content (AvgIpc) is 3.12. The summed E-state index contributed by atoms with van der Waals surface area (Å²) in [7, 11) is 0.504. The van der Waals surface area contributed by atoms with Crippen LogP contribution in [0.25, 0.3) is 0 Å². The Labute approximate surface area is 172 Å². The zero-order valence-electron chi connectivity index (χ0n) is 17.1. The van der Waals surface area contributed by atoms with Gasteiger partial charge in [-0.1, -0.05) is 37.3 Å². The highest BCUT2D eigenvalue weighted by molar-refractivity contribution is 7.92. The van der Waals surface area contributed by atoms with Crippen LogP contribution in [-0.4, -0.2) is 45.4 Å². The van der Waals surface area contributed by atoms with E-state index in [4.69, 9.17) is 0 Å². The highest BCUT2D eigenvalue weighted by Gasteiger charge is 2.33. The van der Waals surface area contributed by atoms with Gasteiger partial charge in [0, 0.05) is 38.2 Å². The number of para-hydroxylation sites is 1. The summed E-state index contributed by atoms with van der Waals surface area (Å²) >= 11 is 0. The van der Waals surface area contributed by atoms with Gasteiger partial charge in [0.25, 0.3) is 0 Å². The molecule has 154 valence electrons. The molecule has 0 aromatic heterocycles. The van der Waals surface area contributed by atoms with Crippen LogP contribution >= 0.6 is 0 Å². The fourth-order valence-electron chi connectivity index (χ4n) is 3.36. The first-order valence-corrected chi connectivity index (χ1v) is 11.3. The lowest BCUT2D eigenvalue weighted by molar-refractivity contribution is -0.132. The van der Waals surface area contributed by atoms with Crippen molar-refractivity contribution in [1.29, 1.82) is 0 Å². The van der Waals surface area contributed by atoms with Crippen molar-refractivity contribution in [3.8, 4) is 0 Å². The number of nitrogens with zero attached hydrogens (tertiary/aromatic N) is 3. The minimum absolute atomic E-state index is 0.0752. The molecule has 29 heavy (non-hydrogen) atoms. The third kappa shape index (κ3) is 4.76. The lowest BCUT2D eigenvalue weighted by Gasteiger charge is -2.23. The first-order valence-electron chi connectivity index (χ1n) is 9.43. The number of hydrogen-bond donors (Lipinski definition) is 1. The maximum Gasteiger partial charge on any atom is 0.242 e. The van der Waals surface area contributed by atoms with Crippen LogP contribution in [0.5, 0.6) is 0 Å². The smallest absolute Gasteiger partial charge is 0.242 e. The summed E-state index contributed by atoms with van der Waals surface area (Å²) in [6.07, 6.45) is 1.96. The van der Waals surface area contributed by atoms with Crippen LogP contribution in [0.15, 0.2) is 53.6 Å². The molecule has 1 unspecified atom stereocenters. The van der Waals surface area contributed by atoms with E-state index in [-0.39, 0.29) is 11.9 Å². The van der Waals surface area contributed by atoms with Crippen LogP contribution in [0, 0.1) is 0 Å². The summed E-state index contributed by atoms with van der Waals surface area (Å²) in [4.78, 5) is 14.6. The van der Waals surface area contributed by atoms with Gasteiger partial charge in [-0.3, -0.25) is 9.52 Å². The van der Waals surface area contributed by atoms with Gasteiger partial charge in [0.05, 0.1) is 23.7 Å². The fourth-order valence-corrected chi connectivity index (χ4v) is 3.94. The minimum atomic E-state index is -3.44. The molecule has 1 aliphatic heterocycles. The minimum Gasteiger partial charge on any atom is -0.378 e. The Bertz CT molecular complexity index is 1050. The number of hydrogen-bond acceptors (Lipinski definition) is 5. The maximum atomic E-state index is 12.6. The second-order valence-electron chi connectivity index (χ2n) is 7.27. The number of carbonyl (C=O) groups is 1. The van der Waals surface area contributed by atoms with Gasteiger partial charge in [0.2, 0.25) is 15.9 Å². The molecule has 0 bridgehead atoms. The Morgan fingerprint density at radius 3 is 2.59 bits per heavy atom.